The number of benzene rings is 1. The normalized spacial score (nSPS) is 12.8. The highest BCUT2D eigenvalue weighted by molar-refractivity contribution is 7.89. The molecule has 1 aromatic rings. The Morgan fingerprint density at radius 3 is 2.14 bits per heavy atom. The molecular formula is C15H24N2O4S. The van der Waals surface area contributed by atoms with E-state index in [4.69, 9.17) is 4.74 Å². The minimum absolute atomic E-state index is 0.0451. The minimum Gasteiger partial charge on any atom is -0.444 e. The van der Waals surface area contributed by atoms with Crippen LogP contribution in [0, 0.1) is 0 Å². The molecule has 0 aliphatic carbocycles. The molecule has 0 atom stereocenters. The van der Waals surface area contributed by atoms with Gasteiger partial charge in [0.05, 0.1) is 10.4 Å². The van der Waals surface area contributed by atoms with Gasteiger partial charge in [0.25, 0.3) is 0 Å². The third-order valence-electron chi connectivity index (χ3n) is 2.60. The smallest absolute Gasteiger partial charge is 0.408 e. The third-order valence-corrected chi connectivity index (χ3v) is 4.01. The molecule has 7 heteroatoms. The zero-order valence-corrected chi connectivity index (χ0v) is 14.5. The first-order valence-electron chi connectivity index (χ1n) is 6.97. The van der Waals surface area contributed by atoms with Crippen molar-refractivity contribution in [3.05, 3.63) is 30.3 Å². The Kier molecular flexibility index (Phi) is 5.59. The average molecular weight is 328 g/mol. The number of amides is 1. The Morgan fingerprint density at radius 2 is 1.64 bits per heavy atom. The van der Waals surface area contributed by atoms with Crippen molar-refractivity contribution in [3.63, 3.8) is 0 Å². The van der Waals surface area contributed by atoms with Crippen molar-refractivity contribution in [1.82, 2.24) is 10.0 Å². The molecule has 0 bridgehead atoms. The predicted octanol–water partition coefficient (Wildman–Crippen LogP) is 2.27. The number of carbonyl (C=O) groups is 1. The maximum Gasteiger partial charge on any atom is 0.408 e. The van der Waals surface area contributed by atoms with Crippen LogP contribution in [-0.4, -0.2) is 32.2 Å². The third kappa shape index (κ3) is 6.44. The van der Waals surface area contributed by atoms with E-state index in [1.54, 1.807) is 52.8 Å². The number of rotatable bonds is 5. The first-order chi connectivity index (χ1) is 9.91. The second-order valence-electron chi connectivity index (χ2n) is 6.65. The fourth-order valence-corrected chi connectivity index (χ4v) is 2.82. The van der Waals surface area contributed by atoms with Crippen molar-refractivity contribution in [3.8, 4) is 0 Å². The Balaban J connectivity index is 2.64. The highest BCUT2D eigenvalue weighted by Gasteiger charge is 2.26. The van der Waals surface area contributed by atoms with Gasteiger partial charge in [-0.25, -0.2) is 17.9 Å². The topological polar surface area (TPSA) is 84.5 Å². The van der Waals surface area contributed by atoms with Gasteiger partial charge in [0.15, 0.2) is 0 Å². The van der Waals surface area contributed by atoms with Crippen molar-refractivity contribution < 1.29 is 17.9 Å². The Hall–Kier alpha value is -1.60. The second kappa shape index (κ2) is 6.66. The van der Waals surface area contributed by atoms with Crippen molar-refractivity contribution in [2.45, 2.75) is 50.7 Å². The summed E-state index contributed by atoms with van der Waals surface area (Å²) >= 11 is 0. The largest absolute Gasteiger partial charge is 0.444 e. The molecule has 1 amide bonds. The molecule has 0 fully saturated rings. The summed E-state index contributed by atoms with van der Waals surface area (Å²) in [6.45, 7) is 8.76. The van der Waals surface area contributed by atoms with Crippen LogP contribution >= 0.6 is 0 Å². The molecule has 0 aliphatic heterocycles. The van der Waals surface area contributed by atoms with Crippen LogP contribution < -0.4 is 10.0 Å². The Morgan fingerprint density at radius 1 is 1.09 bits per heavy atom. The van der Waals surface area contributed by atoms with Gasteiger partial charge >= 0.3 is 6.09 Å². The van der Waals surface area contributed by atoms with E-state index in [2.05, 4.69) is 10.0 Å². The van der Waals surface area contributed by atoms with Crippen LogP contribution in [0.5, 0.6) is 0 Å². The van der Waals surface area contributed by atoms with Crippen LogP contribution in [0.3, 0.4) is 0 Å². The Bertz CT molecular complexity index is 604. The van der Waals surface area contributed by atoms with Crippen LogP contribution in [0.4, 0.5) is 4.79 Å². The van der Waals surface area contributed by atoms with Crippen LogP contribution in [0.2, 0.25) is 0 Å². The summed E-state index contributed by atoms with van der Waals surface area (Å²) in [5, 5.41) is 2.65. The number of ether oxygens (including phenoxy) is 1. The summed E-state index contributed by atoms with van der Waals surface area (Å²) < 4.78 is 31.9. The number of hydrogen-bond acceptors (Lipinski definition) is 4. The second-order valence-corrected chi connectivity index (χ2v) is 8.42. The van der Waals surface area contributed by atoms with Gasteiger partial charge in [0.1, 0.15) is 5.60 Å². The van der Waals surface area contributed by atoms with E-state index in [-0.39, 0.29) is 11.4 Å². The molecule has 1 rings (SSSR count). The summed E-state index contributed by atoms with van der Waals surface area (Å²) in [5.41, 5.74) is -1.39. The van der Waals surface area contributed by atoms with Crippen LogP contribution in [0.1, 0.15) is 34.6 Å². The molecule has 0 heterocycles. The van der Waals surface area contributed by atoms with E-state index >= 15 is 0 Å². The molecule has 22 heavy (non-hydrogen) atoms. The fraction of sp³-hybridized carbons (Fsp3) is 0.533. The van der Waals surface area contributed by atoms with Crippen molar-refractivity contribution >= 4 is 16.1 Å². The summed E-state index contributed by atoms with van der Waals surface area (Å²) in [7, 11) is -3.61. The highest BCUT2D eigenvalue weighted by atomic mass is 32.2. The fourth-order valence-electron chi connectivity index (χ4n) is 1.58. The maximum absolute atomic E-state index is 12.1. The molecule has 0 unspecified atom stereocenters. The lowest BCUT2D eigenvalue weighted by atomic mass is 10.1. The van der Waals surface area contributed by atoms with Gasteiger partial charge in [-0.05, 0) is 46.8 Å². The zero-order valence-electron chi connectivity index (χ0n) is 13.6. The van der Waals surface area contributed by atoms with Crippen LogP contribution in [0.15, 0.2) is 35.2 Å². The molecule has 124 valence electrons. The number of hydrogen-bond donors (Lipinski definition) is 2. The molecule has 0 saturated carbocycles. The SMILES string of the molecule is CC(C)(CNS(=O)(=O)c1ccccc1)NC(=O)OC(C)(C)C. The summed E-state index contributed by atoms with van der Waals surface area (Å²) in [6.07, 6.45) is -0.587. The van der Waals surface area contributed by atoms with Gasteiger partial charge in [-0.2, -0.15) is 0 Å². The number of sulfonamides is 1. The van der Waals surface area contributed by atoms with Crippen molar-refractivity contribution in [1.29, 1.82) is 0 Å². The molecular weight excluding hydrogens is 304 g/mol. The molecule has 0 aliphatic rings. The van der Waals surface area contributed by atoms with Crippen molar-refractivity contribution in [2.24, 2.45) is 0 Å². The lowest BCUT2D eigenvalue weighted by molar-refractivity contribution is 0.0474. The lowest BCUT2D eigenvalue weighted by Crippen LogP contribution is -2.52. The predicted molar refractivity (Wildman–Crippen MR) is 85.1 cm³/mol. The van der Waals surface area contributed by atoms with Crippen LogP contribution in [-0.2, 0) is 14.8 Å². The first-order valence-corrected chi connectivity index (χ1v) is 8.45. The Labute approximate surface area is 132 Å². The van der Waals surface area contributed by atoms with E-state index in [0.717, 1.165) is 0 Å². The average Bonchev–Trinajstić information content (AvgIpc) is 2.35. The molecule has 0 aromatic heterocycles. The van der Waals surface area contributed by atoms with Gasteiger partial charge in [-0.1, -0.05) is 18.2 Å². The van der Waals surface area contributed by atoms with E-state index in [1.165, 1.54) is 12.1 Å². The van der Waals surface area contributed by atoms with Gasteiger partial charge < -0.3 is 10.1 Å². The van der Waals surface area contributed by atoms with E-state index < -0.39 is 27.3 Å². The minimum atomic E-state index is -3.61. The molecule has 0 spiro atoms. The first kappa shape index (κ1) is 18.4. The summed E-state index contributed by atoms with van der Waals surface area (Å²) in [6, 6.07) is 8.07. The summed E-state index contributed by atoms with van der Waals surface area (Å²) in [4.78, 5) is 11.9. The molecule has 1 aromatic carbocycles. The highest BCUT2D eigenvalue weighted by Crippen LogP contribution is 2.11. The number of nitrogens with one attached hydrogen (secondary N) is 2. The quantitative estimate of drug-likeness (QED) is 0.868. The van der Waals surface area contributed by atoms with Gasteiger partial charge in [0, 0.05) is 6.54 Å². The zero-order chi connectivity index (χ0) is 17.0. The van der Waals surface area contributed by atoms with Crippen molar-refractivity contribution in [2.75, 3.05) is 6.54 Å². The molecule has 0 saturated heterocycles. The standard InChI is InChI=1S/C15H24N2O4S/c1-14(2,3)21-13(18)17-15(4,5)11-16-22(19,20)12-9-7-6-8-10-12/h6-10,16H,11H2,1-5H3,(H,17,18). The molecule has 6 nitrogen and oxygen atoms in total. The van der Waals surface area contributed by atoms with E-state index in [0.29, 0.717) is 0 Å². The lowest BCUT2D eigenvalue weighted by Gasteiger charge is -2.28. The van der Waals surface area contributed by atoms with E-state index in [9.17, 15) is 13.2 Å². The van der Waals surface area contributed by atoms with E-state index in [1.807, 2.05) is 0 Å². The summed E-state index contributed by atoms with van der Waals surface area (Å²) in [5.74, 6) is 0. The molecule has 0 radical (unpaired) electrons. The van der Waals surface area contributed by atoms with Crippen LogP contribution in [0.25, 0.3) is 0 Å². The monoisotopic (exact) mass is 328 g/mol. The maximum atomic E-state index is 12.1. The number of alkyl carbamates (subject to hydrolysis) is 1. The molecule has 2 N–H and O–H groups in total. The van der Waals surface area contributed by atoms with Gasteiger partial charge in [0.2, 0.25) is 10.0 Å². The number of carbonyl (C=O) groups excluding carboxylic acids is 1. The van der Waals surface area contributed by atoms with Gasteiger partial charge in [-0.15, -0.1) is 0 Å². The van der Waals surface area contributed by atoms with Gasteiger partial charge in [-0.3, -0.25) is 0 Å².